The Kier molecular flexibility index (Phi) is 3.67. The number of nitrogens with zero attached hydrogens (tertiary/aromatic N) is 1. The van der Waals surface area contributed by atoms with Gasteiger partial charge in [-0.15, -0.1) is 0 Å². The minimum atomic E-state index is -3.81. The topological polar surface area (TPSA) is 67.6 Å². The summed E-state index contributed by atoms with van der Waals surface area (Å²) in [7, 11) is -2.36. The Morgan fingerprint density at radius 2 is 1.70 bits per heavy atom. The minimum absolute atomic E-state index is 0.0163. The van der Waals surface area contributed by atoms with E-state index in [0.29, 0.717) is 12.0 Å². The third-order valence-electron chi connectivity index (χ3n) is 2.90. The first kappa shape index (κ1) is 14.3. The van der Waals surface area contributed by atoms with Gasteiger partial charge in [0.15, 0.2) is 12.0 Å². The summed E-state index contributed by atoms with van der Waals surface area (Å²) in [6, 6.07) is 8.11. The van der Waals surface area contributed by atoms with Gasteiger partial charge >= 0.3 is 0 Å². The van der Waals surface area contributed by atoms with Crippen LogP contribution in [-0.2, 0) is 10.0 Å². The van der Waals surface area contributed by atoms with Crippen molar-refractivity contribution in [2.45, 2.75) is 18.9 Å². The molecule has 0 radical (unpaired) electrons. The molecule has 0 saturated heterocycles. The highest BCUT2D eigenvalue weighted by Gasteiger charge is 2.25. The molecule has 0 bridgehead atoms. The number of hydrogen-bond donors (Lipinski definition) is 0. The Morgan fingerprint density at radius 3 is 2.20 bits per heavy atom. The Labute approximate surface area is 117 Å². The van der Waals surface area contributed by atoms with Crippen molar-refractivity contribution in [3.63, 3.8) is 0 Å². The molecule has 1 aromatic heterocycles. The van der Waals surface area contributed by atoms with Crippen molar-refractivity contribution in [3.8, 4) is 0 Å². The fraction of sp³-hybridized carbons (Fsp3) is 0.214. The van der Waals surface area contributed by atoms with Crippen molar-refractivity contribution >= 4 is 22.0 Å². The normalized spacial score (nSPS) is 11.3. The van der Waals surface area contributed by atoms with E-state index in [1.807, 2.05) is 19.9 Å². The number of aldehydes is 1. The molecule has 5 nitrogen and oxygen atoms in total. The molecular formula is C14H15NO4S. The molecule has 0 atom stereocenters. The molecule has 0 spiro atoms. The highest BCUT2D eigenvalue weighted by atomic mass is 32.2. The van der Waals surface area contributed by atoms with Crippen LogP contribution in [0.25, 0.3) is 0 Å². The van der Waals surface area contributed by atoms with Gasteiger partial charge in [0.25, 0.3) is 10.0 Å². The van der Waals surface area contributed by atoms with Gasteiger partial charge in [0.05, 0.1) is 5.69 Å². The molecule has 0 amide bonds. The summed E-state index contributed by atoms with van der Waals surface area (Å²) in [6.07, 6.45) is 0.468. The summed E-state index contributed by atoms with van der Waals surface area (Å²) in [5.74, 6) is -0.0163. The van der Waals surface area contributed by atoms with Crippen LogP contribution >= 0.6 is 0 Å². The Morgan fingerprint density at radius 1 is 1.10 bits per heavy atom. The minimum Gasteiger partial charge on any atom is -0.440 e. The van der Waals surface area contributed by atoms with Crippen LogP contribution in [0.5, 0.6) is 0 Å². The standard InChI is InChI=1S/C14H15NO4S/c1-10-6-11(2)8-12(7-10)15(3)20(17,18)14-5-4-13(9-16)19-14/h4-9H,1-3H3. The van der Waals surface area contributed by atoms with E-state index in [2.05, 4.69) is 0 Å². The van der Waals surface area contributed by atoms with Gasteiger partial charge in [0, 0.05) is 7.05 Å². The fourth-order valence-electron chi connectivity index (χ4n) is 1.94. The van der Waals surface area contributed by atoms with Gasteiger partial charge in [-0.1, -0.05) is 6.07 Å². The maximum atomic E-state index is 12.4. The van der Waals surface area contributed by atoms with Crippen molar-refractivity contribution in [2.75, 3.05) is 11.4 Å². The van der Waals surface area contributed by atoms with Crippen LogP contribution in [0.2, 0.25) is 0 Å². The van der Waals surface area contributed by atoms with E-state index in [0.717, 1.165) is 15.4 Å². The number of benzene rings is 1. The van der Waals surface area contributed by atoms with Crippen molar-refractivity contribution < 1.29 is 17.6 Å². The van der Waals surface area contributed by atoms with Crippen molar-refractivity contribution in [1.82, 2.24) is 0 Å². The molecule has 0 fully saturated rings. The molecule has 2 rings (SSSR count). The van der Waals surface area contributed by atoms with Crippen molar-refractivity contribution in [2.24, 2.45) is 0 Å². The smallest absolute Gasteiger partial charge is 0.297 e. The van der Waals surface area contributed by atoms with E-state index in [9.17, 15) is 13.2 Å². The van der Waals surface area contributed by atoms with Crippen LogP contribution in [0.4, 0.5) is 5.69 Å². The van der Waals surface area contributed by atoms with Gasteiger partial charge < -0.3 is 4.42 Å². The quantitative estimate of drug-likeness (QED) is 0.812. The molecule has 6 heteroatoms. The number of sulfonamides is 1. The summed E-state index contributed by atoms with van der Waals surface area (Å²) in [4.78, 5) is 10.6. The second kappa shape index (κ2) is 5.13. The summed E-state index contributed by atoms with van der Waals surface area (Å²) >= 11 is 0. The van der Waals surface area contributed by atoms with Crippen molar-refractivity contribution in [1.29, 1.82) is 0 Å². The average molecular weight is 293 g/mol. The van der Waals surface area contributed by atoms with Gasteiger partial charge in [-0.3, -0.25) is 9.10 Å². The molecular weight excluding hydrogens is 278 g/mol. The predicted molar refractivity (Wildman–Crippen MR) is 75.6 cm³/mol. The fourth-order valence-corrected chi connectivity index (χ4v) is 3.04. The van der Waals surface area contributed by atoms with E-state index in [4.69, 9.17) is 4.42 Å². The zero-order valence-electron chi connectivity index (χ0n) is 11.5. The van der Waals surface area contributed by atoms with Gasteiger partial charge in [-0.05, 0) is 49.2 Å². The largest absolute Gasteiger partial charge is 0.440 e. The van der Waals surface area contributed by atoms with E-state index in [1.165, 1.54) is 19.2 Å². The first-order valence-corrected chi connectivity index (χ1v) is 7.41. The lowest BCUT2D eigenvalue weighted by Gasteiger charge is -2.18. The lowest BCUT2D eigenvalue weighted by atomic mass is 10.1. The zero-order chi connectivity index (χ0) is 14.9. The van der Waals surface area contributed by atoms with E-state index in [1.54, 1.807) is 12.1 Å². The van der Waals surface area contributed by atoms with Crippen LogP contribution < -0.4 is 4.31 Å². The molecule has 0 aliphatic heterocycles. The average Bonchev–Trinajstić information content (AvgIpc) is 2.86. The van der Waals surface area contributed by atoms with Crippen LogP contribution in [0.3, 0.4) is 0 Å². The molecule has 0 aliphatic rings. The third-order valence-corrected chi connectivity index (χ3v) is 4.56. The van der Waals surface area contributed by atoms with Gasteiger partial charge in [0.2, 0.25) is 5.09 Å². The van der Waals surface area contributed by atoms with E-state index in [-0.39, 0.29) is 10.9 Å². The number of hydrogen-bond acceptors (Lipinski definition) is 4. The summed E-state index contributed by atoms with van der Waals surface area (Å²) in [5.41, 5.74) is 2.48. The van der Waals surface area contributed by atoms with Crippen LogP contribution in [0, 0.1) is 13.8 Å². The van der Waals surface area contributed by atoms with Gasteiger partial charge in [-0.2, -0.15) is 8.42 Å². The Hall–Kier alpha value is -2.08. The first-order chi connectivity index (χ1) is 9.34. The highest BCUT2D eigenvalue weighted by Crippen LogP contribution is 2.25. The van der Waals surface area contributed by atoms with Gasteiger partial charge in [0.1, 0.15) is 0 Å². The number of carbonyl (C=O) groups excluding carboxylic acids is 1. The molecule has 1 heterocycles. The molecule has 0 unspecified atom stereocenters. The molecule has 2 aromatic rings. The number of carbonyl (C=O) groups is 1. The Bertz CT molecular complexity index is 726. The maximum Gasteiger partial charge on any atom is 0.297 e. The SMILES string of the molecule is Cc1cc(C)cc(N(C)S(=O)(=O)c2ccc(C=O)o2)c1. The van der Waals surface area contributed by atoms with E-state index >= 15 is 0 Å². The molecule has 0 saturated carbocycles. The van der Waals surface area contributed by atoms with Crippen LogP contribution in [0.1, 0.15) is 21.7 Å². The van der Waals surface area contributed by atoms with Crippen molar-refractivity contribution in [3.05, 3.63) is 47.2 Å². The lowest BCUT2D eigenvalue weighted by Crippen LogP contribution is -2.26. The monoisotopic (exact) mass is 293 g/mol. The molecule has 1 aromatic carbocycles. The number of anilines is 1. The maximum absolute atomic E-state index is 12.4. The third kappa shape index (κ3) is 2.60. The van der Waals surface area contributed by atoms with Crippen LogP contribution in [-0.4, -0.2) is 21.8 Å². The lowest BCUT2D eigenvalue weighted by molar-refractivity contribution is 0.109. The number of furan rings is 1. The summed E-state index contributed by atoms with van der Waals surface area (Å²) in [6.45, 7) is 3.79. The van der Waals surface area contributed by atoms with Gasteiger partial charge in [-0.25, -0.2) is 0 Å². The molecule has 106 valence electrons. The molecule has 0 aliphatic carbocycles. The molecule has 0 N–H and O–H groups in total. The Balaban J connectivity index is 2.45. The highest BCUT2D eigenvalue weighted by molar-refractivity contribution is 7.92. The number of aryl methyl sites for hydroxylation is 2. The van der Waals surface area contributed by atoms with Crippen LogP contribution in [0.15, 0.2) is 39.8 Å². The molecule has 20 heavy (non-hydrogen) atoms. The predicted octanol–water partition coefficient (Wildman–Crippen LogP) is 2.53. The second-order valence-electron chi connectivity index (χ2n) is 4.59. The number of rotatable bonds is 4. The summed E-state index contributed by atoms with van der Waals surface area (Å²) < 4.78 is 30.9. The first-order valence-electron chi connectivity index (χ1n) is 5.97. The van der Waals surface area contributed by atoms with E-state index < -0.39 is 10.0 Å². The second-order valence-corrected chi connectivity index (χ2v) is 6.49. The zero-order valence-corrected chi connectivity index (χ0v) is 12.3. The summed E-state index contributed by atoms with van der Waals surface area (Å²) in [5, 5.41) is -0.249.